The van der Waals surface area contributed by atoms with Crippen molar-refractivity contribution in [1.29, 1.82) is 0 Å². The van der Waals surface area contributed by atoms with Crippen LogP contribution in [-0.4, -0.2) is 49.3 Å². The first kappa shape index (κ1) is 25.4. The monoisotopic (exact) mass is 412 g/mol. The van der Waals surface area contributed by atoms with Gasteiger partial charge in [-0.2, -0.15) is 0 Å². The summed E-state index contributed by atoms with van der Waals surface area (Å²) >= 11 is 0. The van der Waals surface area contributed by atoms with Gasteiger partial charge in [-0.3, -0.25) is 9.59 Å². The molecule has 0 aromatic rings. The van der Waals surface area contributed by atoms with Gasteiger partial charge in [-0.15, -0.1) is 24.8 Å². The van der Waals surface area contributed by atoms with Crippen molar-refractivity contribution >= 4 is 36.8 Å². The normalized spacial score (nSPS) is 19.9. The molecule has 2 N–H and O–H groups in total. The minimum absolute atomic E-state index is 0. The van der Waals surface area contributed by atoms with Gasteiger partial charge in [0.15, 0.2) is 0 Å². The predicted molar refractivity (Wildman–Crippen MR) is 106 cm³/mol. The number of halogens is 2. The molecule has 2 rings (SSSR count). The molecule has 0 spiro atoms. The second kappa shape index (κ2) is 13.6. The number of ether oxygens (including phenoxy) is 2. The molecule has 154 valence electrons. The van der Waals surface area contributed by atoms with Crippen LogP contribution in [0, 0.1) is 0 Å². The molecule has 8 heteroatoms. The summed E-state index contributed by atoms with van der Waals surface area (Å²) in [6, 6.07) is -0.652. The van der Waals surface area contributed by atoms with Crippen molar-refractivity contribution in [3.8, 4) is 0 Å². The Hall–Kier alpha value is -0.560. The molecular weight excluding hydrogens is 379 g/mol. The molecule has 0 aliphatic heterocycles. The standard InChI is InChI=1S/C18H32N2O4.2ClH/c1-13(17(21)23-15-7-3-4-8-15)19-11-12-20-14(2)18(22)24-16-9-5-6-10-16;;/h13-16,19-20H,3-12H2,1-2H3;2*1H/t13-,14-;;/m0../s1. The maximum Gasteiger partial charge on any atom is 0.323 e. The minimum atomic E-state index is -0.326. The number of nitrogens with one attached hydrogen (secondary N) is 2. The predicted octanol–water partition coefficient (Wildman–Crippen LogP) is 2.76. The van der Waals surface area contributed by atoms with Gasteiger partial charge < -0.3 is 20.1 Å². The lowest BCUT2D eigenvalue weighted by molar-refractivity contribution is -0.152. The summed E-state index contributed by atoms with van der Waals surface area (Å²) in [7, 11) is 0. The Morgan fingerprint density at radius 1 is 0.769 bits per heavy atom. The molecule has 6 nitrogen and oxygen atoms in total. The second-order valence-electron chi connectivity index (χ2n) is 7.04. The Morgan fingerprint density at radius 3 is 1.38 bits per heavy atom. The van der Waals surface area contributed by atoms with Crippen LogP contribution >= 0.6 is 24.8 Å². The van der Waals surface area contributed by atoms with E-state index in [9.17, 15) is 9.59 Å². The summed E-state index contributed by atoms with van der Waals surface area (Å²) in [5.41, 5.74) is 0. The van der Waals surface area contributed by atoms with Gasteiger partial charge in [0.05, 0.1) is 0 Å². The van der Waals surface area contributed by atoms with E-state index in [0.717, 1.165) is 51.4 Å². The first-order chi connectivity index (χ1) is 11.6. The molecule has 0 unspecified atom stereocenters. The van der Waals surface area contributed by atoms with Crippen molar-refractivity contribution in [2.75, 3.05) is 13.1 Å². The van der Waals surface area contributed by atoms with Crippen molar-refractivity contribution in [3.63, 3.8) is 0 Å². The van der Waals surface area contributed by atoms with Gasteiger partial charge >= 0.3 is 11.9 Å². The van der Waals surface area contributed by atoms with Gasteiger partial charge in [-0.25, -0.2) is 0 Å². The molecule has 2 atom stereocenters. The van der Waals surface area contributed by atoms with E-state index < -0.39 is 0 Å². The number of carbonyl (C=O) groups is 2. The molecule has 2 aliphatic rings. The fraction of sp³-hybridized carbons (Fsp3) is 0.889. The van der Waals surface area contributed by atoms with Crippen LogP contribution in [0.3, 0.4) is 0 Å². The Balaban J connectivity index is 0.00000312. The van der Waals surface area contributed by atoms with E-state index in [4.69, 9.17) is 9.47 Å². The fourth-order valence-electron chi connectivity index (χ4n) is 3.29. The van der Waals surface area contributed by atoms with Gasteiger partial charge in [0.25, 0.3) is 0 Å². The van der Waals surface area contributed by atoms with Crippen LogP contribution < -0.4 is 10.6 Å². The fourth-order valence-corrected chi connectivity index (χ4v) is 3.29. The quantitative estimate of drug-likeness (QED) is 0.447. The maximum atomic E-state index is 11.9. The van der Waals surface area contributed by atoms with Gasteiger partial charge in [0.2, 0.25) is 0 Å². The van der Waals surface area contributed by atoms with Crippen LogP contribution in [0.1, 0.15) is 65.2 Å². The Morgan fingerprint density at radius 2 is 1.08 bits per heavy atom. The highest BCUT2D eigenvalue weighted by atomic mass is 35.5. The van der Waals surface area contributed by atoms with E-state index in [1.165, 1.54) is 0 Å². The third-order valence-corrected chi connectivity index (χ3v) is 4.90. The smallest absolute Gasteiger partial charge is 0.323 e. The van der Waals surface area contributed by atoms with Crippen LogP contribution in [0.4, 0.5) is 0 Å². The average Bonchev–Trinajstić information content (AvgIpc) is 3.24. The number of carbonyl (C=O) groups excluding carboxylic acids is 2. The lowest BCUT2D eigenvalue weighted by atomic mass is 10.3. The molecule has 0 aromatic carbocycles. The first-order valence-electron chi connectivity index (χ1n) is 9.44. The molecule has 0 heterocycles. The lowest BCUT2D eigenvalue weighted by Gasteiger charge is -2.19. The van der Waals surface area contributed by atoms with E-state index in [1.54, 1.807) is 0 Å². The van der Waals surface area contributed by atoms with Gasteiger partial charge in [0.1, 0.15) is 24.3 Å². The molecule has 26 heavy (non-hydrogen) atoms. The number of esters is 2. The largest absolute Gasteiger partial charge is 0.461 e. The molecule has 0 bridgehead atoms. The molecule has 0 saturated heterocycles. The number of hydrogen-bond donors (Lipinski definition) is 2. The highest BCUT2D eigenvalue weighted by molar-refractivity contribution is 5.85. The third-order valence-electron chi connectivity index (χ3n) is 4.90. The maximum absolute atomic E-state index is 11.9. The van der Waals surface area contributed by atoms with Crippen LogP contribution in [0.15, 0.2) is 0 Å². The molecule has 0 aromatic heterocycles. The number of rotatable bonds is 9. The molecular formula is C18H34Cl2N2O4. The number of hydrogen-bond acceptors (Lipinski definition) is 6. The molecule has 2 aliphatic carbocycles. The van der Waals surface area contributed by atoms with Crippen molar-refractivity contribution in [3.05, 3.63) is 0 Å². The topological polar surface area (TPSA) is 76.7 Å². The molecule has 0 radical (unpaired) electrons. The van der Waals surface area contributed by atoms with Crippen LogP contribution in [0.2, 0.25) is 0 Å². The third kappa shape index (κ3) is 8.89. The Kier molecular flexibility index (Phi) is 13.3. The van der Waals surface area contributed by atoms with Crippen molar-refractivity contribution in [1.82, 2.24) is 10.6 Å². The zero-order valence-electron chi connectivity index (χ0n) is 15.8. The van der Waals surface area contributed by atoms with E-state index in [0.29, 0.717) is 13.1 Å². The summed E-state index contributed by atoms with van der Waals surface area (Å²) < 4.78 is 10.9. The van der Waals surface area contributed by atoms with Crippen LogP contribution in [0.25, 0.3) is 0 Å². The van der Waals surface area contributed by atoms with Crippen LogP contribution in [-0.2, 0) is 19.1 Å². The summed E-state index contributed by atoms with van der Waals surface area (Å²) in [6.07, 6.45) is 8.76. The zero-order valence-corrected chi connectivity index (χ0v) is 17.5. The van der Waals surface area contributed by atoms with Crippen molar-refractivity contribution < 1.29 is 19.1 Å². The minimum Gasteiger partial charge on any atom is -0.461 e. The average molecular weight is 413 g/mol. The van der Waals surface area contributed by atoms with E-state index >= 15 is 0 Å². The molecule has 2 saturated carbocycles. The Bertz CT molecular complexity index is 376. The summed E-state index contributed by atoms with van der Waals surface area (Å²) in [4.78, 5) is 23.9. The highest BCUT2D eigenvalue weighted by Gasteiger charge is 2.24. The van der Waals surface area contributed by atoms with Gasteiger partial charge in [0, 0.05) is 13.1 Å². The summed E-state index contributed by atoms with van der Waals surface area (Å²) in [5, 5.41) is 6.27. The van der Waals surface area contributed by atoms with Crippen molar-refractivity contribution in [2.24, 2.45) is 0 Å². The summed E-state index contributed by atoms with van der Waals surface area (Å²) in [5.74, 6) is -0.369. The van der Waals surface area contributed by atoms with E-state index in [2.05, 4.69) is 10.6 Å². The van der Waals surface area contributed by atoms with Gasteiger partial charge in [-0.1, -0.05) is 0 Å². The van der Waals surface area contributed by atoms with Crippen LogP contribution in [0.5, 0.6) is 0 Å². The van der Waals surface area contributed by atoms with E-state index in [1.807, 2.05) is 13.8 Å². The van der Waals surface area contributed by atoms with Crippen molar-refractivity contribution in [2.45, 2.75) is 89.5 Å². The van der Waals surface area contributed by atoms with Gasteiger partial charge in [-0.05, 0) is 65.2 Å². The SMILES string of the molecule is C[C@H](NCCN[C@@H](C)C(=O)OC1CCCC1)C(=O)OC1CCCC1.Cl.Cl. The Labute approximate surface area is 169 Å². The molecule has 0 amide bonds. The highest BCUT2D eigenvalue weighted by Crippen LogP contribution is 2.22. The molecule has 2 fully saturated rings. The zero-order chi connectivity index (χ0) is 17.4. The first-order valence-corrected chi connectivity index (χ1v) is 9.44. The second-order valence-corrected chi connectivity index (χ2v) is 7.04. The summed E-state index contributed by atoms with van der Waals surface area (Å²) in [6.45, 7) is 4.83. The lowest BCUT2D eigenvalue weighted by Crippen LogP contribution is -2.44. The van der Waals surface area contributed by atoms with E-state index in [-0.39, 0.29) is 61.0 Å².